The maximum Gasteiger partial charge on any atom is 0.326 e. The summed E-state index contributed by atoms with van der Waals surface area (Å²) in [5.41, 5.74) is 2.20. The fraction of sp³-hybridized carbons (Fsp3) is 0.389. The van der Waals surface area contributed by atoms with Gasteiger partial charge in [0.15, 0.2) is 0 Å². The lowest BCUT2D eigenvalue weighted by molar-refractivity contribution is -0.141. The van der Waals surface area contributed by atoms with E-state index in [2.05, 4.69) is 10.6 Å². The molecule has 6 nitrogen and oxygen atoms in total. The Morgan fingerprint density at radius 3 is 2.60 bits per heavy atom. The number of hydrogen-bond donors (Lipinski definition) is 3. The highest BCUT2D eigenvalue weighted by Gasteiger charge is 2.21. The van der Waals surface area contributed by atoms with Gasteiger partial charge >= 0.3 is 5.97 Å². The Kier molecular flexibility index (Phi) is 9.19. The van der Waals surface area contributed by atoms with E-state index in [1.165, 1.54) is 23.5 Å². The Morgan fingerprint density at radius 2 is 2.04 bits per heavy atom. The van der Waals surface area contributed by atoms with Crippen molar-refractivity contribution in [3.63, 3.8) is 0 Å². The van der Waals surface area contributed by atoms with Gasteiger partial charge in [-0.25, -0.2) is 4.79 Å². The molecule has 0 spiro atoms. The second-order valence-corrected chi connectivity index (χ2v) is 6.49. The molecule has 1 amide bonds. The summed E-state index contributed by atoms with van der Waals surface area (Å²) in [6.07, 6.45) is 4.25. The smallest absolute Gasteiger partial charge is 0.326 e. The van der Waals surface area contributed by atoms with E-state index in [0.717, 1.165) is 12.0 Å². The average molecular weight is 361 g/mol. The number of nitriles is 1. The Morgan fingerprint density at radius 1 is 1.36 bits per heavy atom. The van der Waals surface area contributed by atoms with Gasteiger partial charge in [0, 0.05) is 12.7 Å². The minimum absolute atomic E-state index is 0.140. The number of thioether (sulfide) groups is 1. The van der Waals surface area contributed by atoms with Gasteiger partial charge < -0.3 is 15.7 Å². The van der Waals surface area contributed by atoms with E-state index in [4.69, 9.17) is 10.4 Å². The summed E-state index contributed by atoms with van der Waals surface area (Å²) in [5.74, 6) is -1.18. The number of nitrogens with one attached hydrogen (secondary N) is 2. The first-order valence-corrected chi connectivity index (χ1v) is 9.29. The fourth-order valence-corrected chi connectivity index (χ4v) is 2.49. The normalized spacial score (nSPS) is 12.1. The second-order valence-electron chi connectivity index (χ2n) is 5.51. The number of aliphatic carboxylic acids is 1. The van der Waals surface area contributed by atoms with Gasteiger partial charge in [-0.15, -0.1) is 0 Å². The molecule has 3 N–H and O–H groups in total. The summed E-state index contributed by atoms with van der Waals surface area (Å²) in [6.45, 7) is 2.59. The van der Waals surface area contributed by atoms with Crippen molar-refractivity contribution in [3.8, 4) is 6.07 Å². The van der Waals surface area contributed by atoms with Gasteiger partial charge in [-0.3, -0.25) is 4.79 Å². The Bertz CT molecular complexity index is 651. The second kappa shape index (κ2) is 11.2. The highest BCUT2D eigenvalue weighted by molar-refractivity contribution is 7.98. The van der Waals surface area contributed by atoms with E-state index in [1.54, 1.807) is 6.07 Å². The van der Waals surface area contributed by atoms with Crippen LogP contribution in [0.1, 0.15) is 17.5 Å². The lowest BCUT2D eigenvalue weighted by atomic mass is 10.1. The van der Waals surface area contributed by atoms with E-state index in [1.807, 2.05) is 37.4 Å². The number of amides is 1. The number of carboxylic acids is 1. The van der Waals surface area contributed by atoms with Crippen LogP contribution < -0.4 is 10.6 Å². The molecular formula is C18H23N3O3S. The van der Waals surface area contributed by atoms with Crippen LogP contribution in [-0.4, -0.2) is 41.6 Å². The van der Waals surface area contributed by atoms with Crippen LogP contribution in [0.3, 0.4) is 0 Å². The Balaban J connectivity index is 2.53. The minimum atomic E-state index is -1.10. The maximum absolute atomic E-state index is 12.0. The quantitative estimate of drug-likeness (QED) is 0.334. The molecule has 1 unspecified atom stereocenters. The van der Waals surface area contributed by atoms with E-state index in [0.29, 0.717) is 18.7 Å². The molecule has 0 fully saturated rings. The molecule has 25 heavy (non-hydrogen) atoms. The van der Waals surface area contributed by atoms with Crippen LogP contribution >= 0.6 is 11.8 Å². The third-order valence-electron chi connectivity index (χ3n) is 3.50. The van der Waals surface area contributed by atoms with Crippen LogP contribution in [0, 0.1) is 18.3 Å². The molecule has 1 aromatic carbocycles. The van der Waals surface area contributed by atoms with Crippen molar-refractivity contribution in [1.29, 1.82) is 5.26 Å². The van der Waals surface area contributed by atoms with Crippen molar-refractivity contribution in [3.05, 3.63) is 47.2 Å². The van der Waals surface area contributed by atoms with Crippen molar-refractivity contribution in [2.24, 2.45) is 0 Å². The van der Waals surface area contributed by atoms with Gasteiger partial charge in [0.2, 0.25) is 0 Å². The van der Waals surface area contributed by atoms with Crippen molar-refractivity contribution < 1.29 is 14.7 Å². The minimum Gasteiger partial charge on any atom is -0.480 e. The summed E-state index contributed by atoms with van der Waals surface area (Å²) < 4.78 is 0. The predicted molar refractivity (Wildman–Crippen MR) is 99.1 cm³/mol. The molecule has 7 heteroatoms. The Hall–Kier alpha value is -2.46. The van der Waals surface area contributed by atoms with Crippen LogP contribution in [0.25, 0.3) is 0 Å². The molecule has 1 rings (SSSR count). The first-order valence-electron chi connectivity index (χ1n) is 7.89. The zero-order chi connectivity index (χ0) is 18.7. The van der Waals surface area contributed by atoms with E-state index < -0.39 is 17.9 Å². The predicted octanol–water partition coefficient (Wildman–Crippen LogP) is 1.86. The number of carbonyl (C=O) groups excluding carboxylic acids is 1. The van der Waals surface area contributed by atoms with Gasteiger partial charge in [-0.2, -0.15) is 17.0 Å². The molecule has 0 aliphatic carbocycles. The van der Waals surface area contributed by atoms with Gasteiger partial charge in [-0.1, -0.05) is 29.8 Å². The molecule has 0 saturated carbocycles. The Labute approximate surface area is 152 Å². The molecule has 1 aromatic rings. The fourth-order valence-electron chi connectivity index (χ4n) is 2.02. The summed E-state index contributed by atoms with van der Waals surface area (Å²) in [5, 5.41) is 23.5. The SMILES string of the molecule is CSCCC(NC(=O)/C(C#N)=C\NCCc1ccc(C)cc1)C(=O)O. The molecule has 0 aliphatic rings. The first-order chi connectivity index (χ1) is 12.0. The standard InChI is InChI=1S/C18H23N3O3S/c1-13-3-5-14(6-4-13)7-9-20-12-15(11-19)17(22)21-16(18(23)24)8-10-25-2/h3-6,12,16,20H,7-10H2,1-2H3,(H,21,22)(H,23,24)/b15-12-. The molecule has 0 bridgehead atoms. The summed E-state index contributed by atoms with van der Waals surface area (Å²) in [6, 6.07) is 8.92. The van der Waals surface area contributed by atoms with Gasteiger partial charge in [0.1, 0.15) is 17.7 Å². The lowest BCUT2D eigenvalue weighted by Gasteiger charge is -2.13. The summed E-state index contributed by atoms with van der Waals surface area (Å²) >= 11 is 1.50. The van der Waals surface area contributed by atoms with Gasteiger partial charge in [0.25, 0.3) is 5.91 Å². The highest BCUT2D eigenvalue weighted by atomic mass is 32.2. The molecule has 0 aromatic heterocycles. The molecule has 134 valence electrons. The molecule has 1 atom stereocenters. The van der Waals surface area contributed by atoms with Crippen LogP contribution in [0.15, 0.2) is 36.0 Å². The number of nitrogens with zero attached hydrogens (tertiary/aromatic N) is 1. The van der Waals surface area contributed by atoms with E-state index in [-0.39, 0.29) is 5.57 Å². The van der Waals surface area contributed by atoms with E-state index in [9.17, 15) is 9.59 Å². The number of aryl methyl sites for hydroxylation is 1. The average Bonchev–Trinajstić information content (AvgIpc) is 2.59. The zero-order valence-electron chi connectivity index (χ0n) is 14.4. The first kappa shape index (κ1) is 20.6. The van der Waals surface area contributed by atoms with Crippen LogP contribution in [0.4, 0.5) is 0 Å². The van der Waals surface area contributed by atoms with Crippen LogP contribution in [0.2, 0.25) is 0 Å². The van der Waals surface area contributed by atoms with Crippen LogP contribution in [-0.2, 0) is 16.0 Å². The van der Waals surface area contributed by atoms with Crippen molar-refractivity contribution in [2.75, 3.05) is 18.6 Å². The van der Waals surface area contributed by atoms with Crippen molar-refractivity contribution in [1.82, 2.24) is 10.6 Å². The topological polar surface area (TPSA) is 102 Å². The lowest BCUT2D eigenvalue weighted by Crippen LogP contribution is -2.41. The largest absolute Gasteiger partial charge is 0.480 e. The van der Waals surface area contributed by atoms with Crippen molar-refractivity contribution in [2.45, 2.75) is 25.8 Å². The number of rotatable bonds is 10. The maximum atomic E-state index is 12.0. The zero-order valence-corrected chi connectivity index (χ0v) is 15.2. The van der Waals surface area contributed by atoms with Gasteiger partial charge in [-0.05, 0) is 37.3 Å². The summed E-state index contributed by atoms with van der Waals surface area (Å²) in [7, 11) is 0. The van der Waals surface area contributed by atoms with E-state index >= 15 is 0 Å². The molecule has 0 radical (unpaired) electrons. The monoisotopic (exact) mass is 361 g/mol. The highest BCUT2D eigenvalue weighted by Crippen LogP contribution is 2.04. The molecular weight excluding hydrogens is 338 g/mol. The molecule has 0 heterocycles. The van der Waals surface area contributed by atoms with Crippen LogP contribution in [0.5, 0.6) is 0 Å². The number of hydrogen-bond acceptors (Lipinski definition) is 5. The molecule has 0 aliphatic heterocycles. The van der Waals surface area contributed by atoms with Gasteiger partial charge in [0.05, 0.1) is 0 Å². The number of carboxylic acid groups (broad SMARTS) is 1. The number of benzene rings is 1. The third-order valence-corrected chi connectivity index (χ3v) is 4.15. The van der Waals surface area contributed by atoms with Crippen molar-refractivity contribution >= 4 is 23.6 Å². The third kappa shape index (κ3) is 7.77. The number of carbonyl (C=O) groups is 2. The molecule has 0 saturated heterocycles. The summed E-state index contributed by atoms with van der Waals surface area (Å²) in [4.78, 5) is 23.2.